The minimum Gasteiger partial charge on any atom is -0.476 e. The lowest BCUT2D eigenvalue weighted by molar-refractivity contribution is 0.0519. The van der Waals surface area contributed by atoms with Crippen LogP contribution in [0, 0.1) is 5.82 Å². The molecule has 1 amide bonds. The van der Waals surface area contributed by atoms with Crippen LogP contribution in [0.15, 0.2) is 30.7 Å². The number of rotatable bonds is 6. The van der Waals surface area contributed by atoms with Crippen LogP contribution in [0.1, 0.15) is 38.8 Å². The Labute approximate surface area is 195 Å². The number of hydrogen-bond acceptors (Lipinski definition) is 8. The molecule has 3 aromatic rings. The third-order valence-corrected chi connectivity index (χ3v) is 5.14. The molecule has 1 fully saturated rings. The summed E-state index contributed by atoms with van der Waals surface area (Å²) in [6.45, 7) is 5.56. The van der Waals surface area contributed by atoms with E-state index < -0.39 is 29.7 Å². The topological polar surface area (TPSA) is 120 Å². The molecule has 3 N–H and O–H groups in total. The SMILES string of the molecule is CC(C)(C)OC(=O)NCCOc1ncc(F)cc1[C@H]1C[C@H](F)CN1c1ccn2ncc(N)c2n1. The third-order valence-electron chi connectivity index (χ3n) is 5.14. The minimum atomic E-state index is -1.16. The Kier molecular flexibility index (Phi) is 6.40. The molecule has 0 aliphatic carbocycles. The molecule has 0 radical (unpaired) electrons. The number of carbonyl (C=O) groups excluding carboxylic acids is 1. The lowest BCUT2D eigenvalue weighted by atomic mass is 10.1. The highest BCUT2D eigenvalue weighted by Crippen LogP contribution is 2.40. The number of alkyl carbamates (subject to hydrolysis) is 1. The smallest absolute Gasteiger partial charge is 0.407 e. The molecule has 0 bridgehead atoms. The van der Waals surface area contributed by atoms with E-state index in [9.17, 15) is 13.6 Å². The minimum absolute atomic E-state index is 0.0627. The molecule has 1 saturated heterocycles. The Morgan fingerprint density at radius 1 is 1.35 bits per heavy atom. The second-order valence-corrected chi connectivity index (χ2v) is 8.98. The third kappa shape index (κ3) is 5.26. The molecule has 1 aliphatic heterocycles. The van der Waals surface area contributed by atoms with Gasteiger partial charge in [0.15, 0.2) is 5.65 Å². The van der Waals surface area contributed by atoms with Gasteiger partial charge in [0.2, 0.25) is 5.88 Å². The summed E-state index contributed by atoms with van der Waals surface area (Å²) in [6, 6.07) is 2.42. The van der Waals surface area contributed by atoms with Crippen LogP contribution in [0.2, 0.25) is 0 Å². The Hall–Kier alpha value is -3.70. The van der Waals surface area contributed by atoms with E-state index in [0.717, 1.165) is 6.20 Å². The zero-order chi connectivity index (χ0) is 24.5. The van der Waals surface area contributed by atoms with Crippen molar-refractivity contribution in [2.24, 2.45) is 0 Å². The zero-order valence-corrected chi connectivity index (χ0v) is 19.2. The van der Waals surface area contributed by atoms with Crippen LogP contribution < -0.4 is 20.7 Å². The highest BCUT2D eigenvalue weighted by Gasteiger charge is 2.36. The lowest BCUT2D eigenvalue weighted by Gasteiger charge is -2.26. The number of pyridine rings is 1. The first kappa shape index (κ1) is 23.5. The number of aromatic nitrogens is 4. The summed E-state index contributed by atoms with van der Waals surface area (Å²) in [5, 5.41) is 6.68. The van der Waals surface area contributed by atoms with Crippen LogP contribution in [0.5, 0.6) is 5.88 Å². The van der Waals surface area contributed by atoms with Crippen molar-refractivity contribution in [3.8, 4) is 5.88 Å². The van der Waals surface area contributed by atoms with E-state index >= 15 is 0 Å². The fourth-order valence-corrected chi connectivity index (χ4v) is 3.79. The number of amides is 1. The number of carbonyl (C=O) groups is 1. The zero-order valence-electron chi connectivity index (χ0n) is 19.2. The molecule has 4 heterocycles. The van der Waals surface area contributed by atoms with Crippen LogP contribution >= 0.6 is 0 Å². The molecule has 12 heteroatoms. The van der Waals surface area contributed by atoms with Crippen LogP contribution in [-0.2, 0) is 4.74 Å². The number of halogens is 2. The van der Waals surface area contributed by atoms with Gasteiger partial charge in [-0.3, -0.25) is 0 Å². The largest absolute Gasteiger partial charge is 0.476 e. The standard InChI is InChI=1S/C22H27F2N7O3/c1-22(2,3)34-21(32)26-5-7-33-20-15(8-13(23)10-27-20)17-9-14(24)12-30(17)18-4-6-31-19(29-18)16(25)11-28-31/h4,6,8,10-11,14,17H,5,7,9,12,25H2,1-3H3,(H,26,32)/t14-,17+/m0/s1. The summed E-state index contributed by atoms with van der Waals surface area (Å²) in [6.07, 6.45) is 2.57. The monoisotopic (exact) mass is 475 g/mol. The van der Waals surface area contributed by atoms with Crippen LogP contribution in [-0.4, -0.2) is 57.1 Å². The Morgan fingerprint density at radius 2 is 2.15 bits per heavy atom. The maximum Gasteiger partial charge on any atom is 0.407 e. The molecule has 182 valence electrons. The second kappa shape index (κ2) is 9.27. The van der Waals surface area contributed by atoms with E-state index in [1.165, 1.54) is 16.8 Å². The summed E-state index contributed by atoms with van der Waals surface area (Å²) in [7, 11) is 0. The number of nitrogens with two attached hydrogens (primary N) is 1. The Balaban J connectivity index is 1.52. The molecule has 2 atom stereocenters. The van der Waals surface area contributed by atoms with Gasteiger partial charge in [0.05, 0.1) is 37.2 Å². The van der Waals surface area contributed by atoms with Crippen LogP contribution in [0.4, 0.5) is 25.1 Å². The van der Waals surface area contributed by atoms with E-state index in [2.05, 4.69) is 20.4 Å². The van der Waals surface area contributed by atoms with E-state index in [1.807, 2.05) is 0 Å². The van der Waals surface area contributed by atoms with Gasteiger partial charge in [0, 0.05) is 18.2 Å². The number of nitrogens with zero attached hydrogens (tertiary/aromatic N) is 5. The quantitative estimate of drug-likeness (QED) is 0.522. The number of alkyl halides is 1. The molecule has 10 nitrogen and oxygen atoms in total. The van der Waals surface area contributed by atoms with Gasteiger partial charge in [-0.25, -0.2) is 28.1 Å². The molecule has 34 heavy (non-hydrogen) atoms. The molecule has 0 unspecified atom stereocenters. The first-order chi connectivity index (χ1) is 16.1. The number of ether oxygens (including phenoxy) is 2. The maximum atomic E-state index is 14.6. The molecule has 0 saturated carbocycles. The Morgan fingerprint density at radius 3 is 2.91 bits per heavy atom. The van der Waals surface area contributed by atoms with Crippen molar-refractivity contribution < 1.29 is 23.0 Å². The predicted octanol–water partition coefficient (Wildman–Crippen LogP) is 3.04. The molecule has 0 spiro atoms. The number of fused-ring (bicyclic) bond motifs is 1. The van der Waals surface area contributed by atoms with E-state index in [-0.39, 0.29) is 32.0 Å². The first-order valence-corrected chi connectivity index (χ1v) is 10.9. The lowest BCUT2D eigenvalue weighted by Crippen LogP contribution is -2.34. The molecule has 4 rings (SSSR count). The van der Waals surface area contributed by atoms with Gasteiger partial charge < -0.3 is 25.4 Å². The number of nitrogen functional groups attached to an aromatic ring is 1. The number of nitrogens with one attached hydrogen (secondary N) is 1. The summed E-state index contributed by atoms with van der Waals surface area (Å²) in [4.78, 5) is 22.1. The van der Waals surface area contributed by atoms with E-state index in [1.54, 1.807) is 37.9 Å². The fourth-order valence-electron chi connectivity index (χ4n) is 3.79. The van der Waals surface area contributed by atoms with Gasteiger partial charge >= 0.3 is 6.09 Å². The first-order valence-electron chi connectivity index (χ1n) is 10.9. The van der Waals surface area contributed by atoms with Crippen molar-refractivity contribution >= 4 is 23.2 Å². The number of anilines is 2. The van der Waals surface area contributed by atoms with Crippen LogP contribution in [0.3, 0.4) is 0 Å². The van der Waals surface area contributed by atoms with Gasteiger partial charge in [-0.15, -0.1) is 0 Å². The second-order valence-electron chi connectivity index (χ2n) is 8.98. The summed E-state index contributed by atoms with van der Waals surface area (Å²) < 4.78 is 41.1. The summed E-state index contributed by atoms with van der Waals surface area (Å²) in [5.41, 5.74) is 6.53. The molecule has 0 aromatic carbocycles. The predicted molar refractivity (Wildman–Crippen MR) is 121 cm³/mol. The summed E-state index contributed by atoms with van der Waals surface area (Å²) >= 11 is 0. The van der Waals surface area contributed by atoms with Gasteiger partial charge in [-0.1, -0.05) is 0 Å². The van der Waals surface area contributed by atoms with E-state index in [4.69, 9.17) is 15.2 Å². The van der Waals surface area contributed by atoms with Gasteiger partial charge in [0.1, 0.15) is 30.0 Å². The van der Waals surface area contributed by atoms with Crippen molar-refractivity contribution in [3.63, 3.8) is 0 Å². The molecule has 1 aliphatic rings. The van der Waals surface area contributed by atoms with Gasteiger partial charge in [-0.2, -0.15) is 5.10 Å². The van der Waals surface area contributed by atoms with Crippen molar-refractivity contribution in [2.75, 3.05) is 30.3 Å². The Bertz CT molecular complexity index is 1180. The molecule has 3 aromatic heterocycles. The van der Waals surface area contributed by atoms with Gasteiger partial charge in [0.25, 0.3) is 0 Å². The molecular weight excluding hydrogens is 448 g/mol. The molecular formula is C22H27F2N7O3. The van der Waals surface area contributed by atoms with E-state index in [0.29, 0.717) is 22.7 Å². The van der Waals surface area contributed by atoms with Crippen molar-refractivity contribution in [3.05, 3.63) is 42.1 Å². The maximum absolute atomic E-state index is 14.6. The van der Waals surface area contributed by atoms with Crippen molar-refractivity contribution in [2.45, 2.75) is 45.0 Å². The van der Waals surface area contributed by atoms with Crippen LogP contribution in [0.25, 0.3) is 5.65 Å². The highest BCUT2D eigenvalue weighted by molar-refractivity contribution is 5.67. The fraction of sp³-hybridized carbons (Fsp3) is 0.455. The summed E-state index contributed by atoms with van der Waals surface area (Å²) in [5.74, 6) is 0.0630. The van der Waals surface area contributed by atoms with Gasteiger partial charge in [-0.05, 0) is 32.9 Å². The van der Waals surface area contributed by atoms with Crippen molar-refractivity contribution in [1.82, 2.24) is 24.9 Å². The normalized spacial score (nSPS) is 18.3. The highest BCUT2D eigenvalue weighted by atomic mass is 19.1. The van der Waals surface area contributed by atoms with Crippen molar-refractivity contribution in [1.29, 1.82) is 0 Å². The average Bonchev–Trinajstić information content (AvgIpc) is 3.33. The number of hydrogen-bond donors (Lipinski definition) is 2. The average molecular weight is 476 g/mol.